The zero-order valence-electron chi connectivity index (χ0n) is 9.48. The van der Waals surface area contributed by atoms with Gasteiger partial charge in [0, 0.05) is 29.0 Å². The van der Waals surface area contributed by atoms with Gasteiger partial charge in [-0.1, -0.05) is 22.0 Å². The molecular weight excluding hydrogens is 269 g/mol. The highest BCUT2D eigenvalue weighted by Gasteiger charge is 2.09. The molecule has 0 saturated carbocycles. The lowest BCUT2D eigenvalue weighted by Gasteiger charge is -2.14. The van der Waals surface area contributed by atoms with Crippen molar-refractivity contribution in [3.05, 3.63) is 34.1 Å². The normalized spacial score (nSPS) is 11.8. The Bertz CT molecular complexity index is 406. The van der Waals surface area contributed by atoms with E-state index in [1.807, 2.05) is 19.9 Å². The molecule has 3 heteroatoms. The van der Waals surface area contributed by atoms with E-state index in [9.17, 15) is 4.39 Å². The van der Waals surface area contributed by atoms with Gasteiger partial charge in [-0.2, -0.15) is 0 Å². The lowest BCUT2D eigenvalue weighted by Crippen LogP contribution is -2.20. The molecule has 0 radical (unpaired) electrons. The SMILES string of the molecule is CC#CCCNC(C)c1ccc(Br)cc1F. The Labute approximate surface area is 105 Å². The zero-order valence-corrected chi connectivity index (χ0v) is 11.1. The summed E-state index contributed by atoms with van der Waals surface area (Å²) in [7, 11) is 0. The number of hydrogen-bond acceptors (Lipinski definition) is 1. The molecule has 0 heterocycles. The van der Waals surface area contributed by atoms with Gasteiger partial charge in [0.25, 0.3) is 0 Å². The van der Waals surface area contributed by atoms with Crippen LogP contribution in [0.15, 0.2) is 22.7 Å². The van der Waals surface area contributed by atoms with E-state index in [0.717, 1.165) is 17.4 Å². The Kier molecular flexibility index (Phi) is 5.51. The maximum absolute atomic E-state index is 13.6. The lowest BCUT2D eigenvalue weighted by molar-refractivity contribution is 0.534. The minimum Gasteiger partial charge on any atom is -0.309 e. The molecule has 0 amide bonds. The molecule has 0 aliphatic carbocycles. The van der Waals surface area contributed by atoms with Crippen molar-refractivity contribution in [2.75, 3.05) is 6.54 Å². The van der Waals surface area contributed by atoms with Gasteiger partial charge in [-0.15, -0.1) is 11.8 Å². The molecule has 1 atom stereocenters. The highest BCUT2D eigenvalue weighted by atomic mass is 79.9. The molecule has 0 aliphatic heterocycles. The summed E-state index contributed by atoms with van der Waals surface area (Å²) in [5, 5.41) is 3.24. The molecule has 1 aromatic carbocycles. The van der Waals surface area contributed by atoms with Gasteiger partial charge in [-0.05, 0) is 26.0 Å². The monoisotopic (exact) mass is 283 g/mol. The molecule has 1 aromatic rings. The highest BCUT2D eigenvalue weighted by molar-refractivity contribution is 9.10. The van der Waals surface area contributed by atoms with E-state index >= 15 is 0 Å². The van der Waals surface area contributed by atoms with Gasteiger partial charge in [-0.25, -0.2) is 4.39 Å². The molecule has 16 heavy (non-hydrogen) atoms. The first-order valence-electron chi connectivity index (χ1n) is 5.23. The fourth-order valence-electron chi connectivity index (χ4n) is 1.44. The van der Waals surface area contributed by atoms with Crippen molar-refractivity contribution in [2.45, 2.75) is 26.3 Å². The predicted molar refractivity (Wildman–Crippen MR) is 68.6 cm³/mol. The lowest BCUT2D eigenvalue weighted by atomic mass is 10.1. The Morgan fingerprint density at radius 2 is 2.25 bits per heavy atom. The largest absolute Gasteiger partial charge is 0.309 e. The summed E-state index contributed by atoms with van der Waals surface area (Å²) < 4.78 is 14.3. The fraction of sp³-hybridized carbons (Fsp3) is 0.385. The van der Waals surface area contributed by atoms with Crippen LogP contribution in [0.3, 0.4) is 0 Å². The van der Waals surface area contributed by atoms with Gasteiger partial charge in [-0.3, -0.25) is 0 Å². The summed E-state index contributed by atoms with van der Waals surface area (Å²) in [5.41, 5.74) is 0.688. The van der Waals surface area contributed by atoms with E-state index in [-0.39, 0.29) is 11.9 Å². The molecule has 0 bridgehead atoms. The molecular formula is C13H15BrFN. The summed E-state index contributed by atoms with van der Waals surface area (Å²) in [6, 6.07) is 5.14. The molecule has 1 nitrogen and oxygen atoms in total. The molecule has 1 unspecified atom stereocenters. The van der Waals surface area contributed by atoms with Crippen LogP contribution in [0.2, 0.25) is 0 Å². The first-order chi connectivity index (χ1) is 7.65. The smallest absolute Gasteiger partial charge is 0.129 e. The molecule has 0 saturated heterocycles. The number of hydrogen-bond donors (Lipinski definition) is 1. The quantitative estimate of drug-likeness (QED) is 0.657. The van der Waals surface area contributed by atoms with Crippen LogP contribution in [-0.2, 0) is 0 Å². The second-order valence-corrected chi connectivity index (χ2v) is 4.43. The average Bonchev–Trinajstić information content (AvgIpc) is 2.24. The average molecular weight is 284 g/mol. The first-order valence-corrected chi connectivity index (χ1v) is 6.02. The van der Waals surface area contributed by atoms with Crippen LogP contribution >= 0.6 is 15.9 Å². The van der Waals surface area contributed by atoms with Crippen LogP contribution in [0.4, 0.5) is 4.39 Å². The molecule has 0 aliphatic rings. The molecule has 0 spiro atoms. The predicted octanol–water partition coefficient (Wildman–Crippen LogP) is 3.65. The second kappa shape index (κ2) is 6.67. The van der Waals surface area contributed by atoms with Gasteiger partial charge in [0.2, 0.25) is 0 Å². The third-order valence-corrected chi connectivity index (χ3v) is 2.80. The molecule has 86 valence electrons. The van der Waals surface area contributed by atoms with E-state index in [4.69, 9.17) is 0 Å². The van der Waals surface area contributed by atoms with E-state index in [1.54, 1.807) is 6.07 Å². The first kappa shape index (κ1) is 13.2. The van der Waals surface area contributed by atoms with Crippen molar-refractivity contribution in [3.63, 3.8) is 0 Å². The molecule has 1 rings (SSSR count). The Morgan fingerprint density at radius 3 is 2.88 bits per heavy atom. The second-order valence-electron chi connectivity index (χ2n) is 3.52. The van der Waals surface area contributed by atoms with Gasteiger partial charge in [0.05, 0.1) is 0 Å². The van der Waals surface area contributed by atoms with Crippen LogP contribution in [0, 0.1) is 17.7 Å². The zero-order chi connectivity index (χ0) is 12.0. The maximum Gasteiger partial charge on any atom is 0.129 e. The number of benzene rings is 1. The van der Waals surface area contributed by atoms with Gasteiger partial charge < -0.3 is 5.32 Å². The van der Waals surface area contributed by atoms with E-state index in [0.29, 0.717) is 5.56 Å². The summed E-state index contributed by atoms with van der Waals surface area (Å²) in [6.07, 6.45) is 0.791. The standard InChI is InChI=1S/C13H15BrFN/c1-3-4-5-8-16-10(2)12-7-6-11(14)9-13(12)15/h6-7,9-10,16H,5,8H2,1-2H3. The Hall–Kier alpha value is -0.850. The topological polar surface area (TPSA) is 12.0 Å². The van der Waals surface area contributed by atoms with Crippen LogP contribution in [-0.4, -0.2) is 6.54 Å². The Morgan fingerprint density at radius 1 is 1.50 bits per heavy atom. The van der Waals surface area contributed by atoms with Crippen molar-refractivity contribution in [1.82, 2.24) is 5.32 Å². The third kappa shape index (κ3) is 3.96. The highest BCUT2D eigenvalue weighted by Crippen LogP contribution is 2.20. The molecule has 0 fully saturated rings. The third-order valence-electron chi connectivity index (χ3n) is 2.31. The van der Waals surface area contributed by atoms with Crippen LogP contribution < -0.4 is 5.32 Å². The van der Waals surface area contributed by atoms with Gasteiger partial charge in [0.1, 0.15) is 5.82 Å². The number of nitrogens with one attached hydrogen (secondary N) is 1. The summed E-state index contributed by atoms with van der Waals surface area (Å²) in [4.78, 5) is 0. The van der Waals surface area contributed by atoms with Crippen molar-refractivity contribution in [1.29, 1.82) is 0 Å². The maximum atomic E-state index is 13.6. The van der Waals surface area contributed by atoms with Crippen LogP contribution in [0.25, 0.3) is 0 Å². The summed E-state index contributed by atoms with van der Waals surface area (Å²) in [6.45, 7) is 4.54. The number of rotatable bonds is 4. The van der Waals surface area contributed by atoms with E-state index < -0.39 is 0 Å². The molecule has 0 aromatic heterocycles. The minimum absolute atomic E-state index is 0.00626. The van der Waals surface area contributed by atoms with Crippen molar-refractivity contribution >= 4 is 15.9 Å². The fourth-order valence-corrected chi connectivity index (χ4v) is 1.77. The van der Waals surface area contributed by atoms with Crippen LogP contribution in [0.5, 0.6) is 0 Å². The molecule has 1 N–H and O–H groups in total. The van der Waals surface area contributed by atoms with E-state index in [2.05, 4.69) is 33.1 Å². The van der Waals surface area contributed by atoms with Gasteiger partial charge >= 0.3 is 0 Å². The number of halogens is 2. The van der Waals surface area contributed by atoms with Gasteiger partial charge in [0.15, 0.2) is 0 Å². The summed E-state index contributed by atoms with van der Waals surface area (Å²) >= 11 is 3.24. The van der Waals surface area contributed by atoms with Crippen molar-refractivity contribution < 1.29 is 4.39 Å². The Balaban J connectivity index is 2.57. The minimum atomic E-state index is -0.184. The van der Waals surface area contributed by atoms with E-state index in [1.165, 1.54) is 6.07 Å². The van der Waals surface area contributed by atoms with Crippen molar-refractivity contribution in [3.8, 4) is 11.8 Å². The summed E-state index contributed by atoms with van der Waals surface area (Å²) in [5.74, 6) is 5.61. The van der Waals surface area contributed by atoms with Crippen molar-refractivity contribution in [2.24, 2.45) is 0 Å². The van der Waals surface area contributed by atoms with Crippen LogP contribution in [0.1, 0.15) is 31.9 Å².